The summed E-state index contributed by atoms with van der Waals surface area (Å²) in [6.07, 6.45) is 0. The van der Waals surface area contributed by atoms with Gasteiger partial charge in [-0.1, -0.05) is 42.5 Å². The molecule has 31 heavy (non-hydrogen) atoms. The summed E-state index contributed by atoms with van der Waals surface area (Å²) >= 11 is 1.78. The van der Waals surface area contributed by atoms with Crippen LogP contribution in [0.15, 0.2) is 59.5 Å². The number of benzene rings is 2. The van der Waals surface area contributed by atoms with Gasteiger partial charge in [0.15, 0.2) is 0 Å². The minimum atomic E-state index is 0.169. The highest BCUT2D eigenvalue weighted by molar-refractivity contribution is 7.97. The van der Waals surface area contributed by atoms with E-state index in [4.69, 9.17) is 4.74 Å². The maximum absolute atomic E-state index is 12.7. The predicted octanol–water partition coefficient (Wildman–Crippen LogP) is 3.40. The number of hydrogen-bond donors (Lipinski definition) is 0. The molecular weight excluding hydrogens is 408 g/mol. The lowest BCUT2D eigenvalue weighted by atomic mass is 10.2. The second kappa shape index (κ2) is 11.0. The Hall–Kier alpha value is -2.06. The lowest BCUT2D eigenvalue weighted by Crippen LogP contribution is -2.54. The first-order chi connectivity index (χ1) is 15.2. The Morgan fingerprint density at radius 2 is 1.58 bits per heavy atom. The SMILES string of the molecule is CN(Cc1ccccc1)Sc1cccc(CN2CCN(C(=O)N3CCOCC3)CC2)c1. The van der Waals surface area contributed by atoms with Gasteiger partial charge in [-0.3, -0.25) is 4.90 Å². The topological polar surface area (TPSA) is 39.3 Å². The molecule has 0 bridgehead atoms. The van der Waals surface area contributed by atoms with Crippen LogP contribution >= 0.6 is 11.9 Å². The number of carbonyl (C=O) groups is 1. The van der Waals surface area contributed by atoms with Crippen molar-refractivity contribution in [3.05, 3.63) is 65.7 Å². The normalized spacial score (nSPS) is 17.9. The van der Waals surface area contributed by atoms with Gasteiger partial charge < -0.3 is 14.5 Å². The summed E-state index contributed by atoms with van der Waals surface area (Å²) in [5, 5.41) is 0. The van der Waals surface area contributed by atoms with Crippen LogP contribution in [0.3, 0.4) is 0 Å². The van der Waals surface area contributed by atoms with Crippen LogP contribution in [0, 0.1) is 0 Å². The maximum atomic E-state index is 12.7. The standard InChI is InChI=1S/C24H32N4O2S/c1-25(19-21-6-3-2-4-7-21)31-23-9-5-8-22(18-23)20-26-10-12-27(13-11-26)24(29)28-14-16-30-17-15-28/h2-9,18H,10-17,19-20H2,1H3. The number of carbonyl (C=O) groups excluding carboxylic acids is 1. The van der Waals surface area contributed by atoms with Crippen molar-refractivity contribution in [2.75, 3.05) is 59.5 Å². The maximum Gasteiger partial charge on any atom is 0.320 e. The number of hydrogen-bond acceptors (Lipinski definition) is 5. The Morgan fingerprint density at radius 3 is 2.32 bits per heavy atom. The lowest BCUT2D eigenvalue weighted by molar-refractivity contribution is 0.0373. The van der Waals surface area contributed by atoms with Crippen LogP contribution in [0.1, 0.15) is 11.1 Å². The van der Waals surface area contributed by atoms with Crippen LogP contribution in [0.4, 0.5) is 4.79 Å². The van der Waals surface area contributed by atoms with E-state index in [2.05, 4.69) is 70.9 Å². The molecule has 0 spiro atoms. The van der Waals surface area contributed by atoms with Gasteiger partial charge in [-0.15, -0.1) is 0 Å². The molecule has 2 heterocycles. The fraction of sp³-hybridized carbons (Fsp3) is 0.458. The van der Waals surface area contributed by atoms with Crippen molar-refractivity contribution in [3.63, 3.8) is 0 Å². The van der Waals surface area contributed by atoms with E-state index in [-0.39, 0.29) is 6.03 Å². The molecule has 4 rings (SSSR count). The lowest BCUT2D eigenvalue weighted by Gasteiger charge is -2.38. The van der Waals surface area contributed by atoms with Crippen molar-refractivity contribution >= 4 is 18.0 Å². The van der Waals surface area contributed by atoms with E-state index in [1.807, 2.05) is 9.80 Å². The quantitative estimate of drug-likeness (QED) is 0.644. The minimum Gasteiger partial charge on any atom is -0.378 e. The average Bonchev–Trinajstić information content (AvgIpc) is 2.80. The van der Waals surface area contributed by atoms with E-state index in [1.165, 1.54) is 16.0 Å². The van der Waals surface area contributed by atoms with E-state index < -0.39 is 0 Å². The van der Waals surface area contributed by atoms with Gasteiger partial charge in [0.1, 0.15) is 0 Å². The van der Waals surface area contributed by atoms with Crippen molar-refractivity contribution in [2.24, 2.45) is 0 Å². The van der Waals surface area contributed by atoms with Gasteiger partial charge in [-0.2, -0.15) is 0 Å². The average molecular weight is 441 g/mol. The van der Waals surface area contributed by atoms with Gasteiger partial charge in [0.05, 0.1) is 13.2 Å². The van der Waals surface area contributed by atoms with E-state index in [0.717, 1.165) is 39.3 Å². The van der Waals surface area contributed by atoms with Crippen LogP contribution in [0.25, 0.3) is 0 Å². The van der Waals surface area contributed by atoms with E-state index in [9.17, 15) is 4.79 Å². The molecule has 2 amide bonds. The monoisotopic (exact) mass is 440 g/mol. The largest absolute Gasteiger partial charge is 0.378 e. The van der Waals surface area contributed by atoms with Crippen LogP contribution in [-0.2, 0) is 17.8 Å². The van der Waals surface area contributed by atoms with Gasteiger partial charge in [-0.25, -0.2) is 9.10 Å². The molecule has 0 atom stereocenters. The van der Waals surface area contributed by atoms with Crippen molar-refractivity contribution in [1.29, 1.82) is 0 Å². The van der Waals surface area contributed by atoms with E-state index in [0.29, 0.717) is 26.3 Å². The van der Waals surface area contributed by atoms with Gasteiger partial charge in [0.25, 0.3) is 0 Å². The zero-order valence-corrected chi connectivity index (χ0v) is 19.1. The molecule has 2 aliphatic heterocycles. The minimum absolute atomic E-state index is 0.169. The number of morpholine rings is 1. The van der Waals surface area contributed by atoms with Crippen LogP contribution in [0.5, 0.6) is 0 Å². The highest BCUT2D eigenvalue weighted by Crippen LogP contribution is 2.24. The van der Waals surface area contributed by atoms with Crippen LogP contribution in [-0.4, -0.2) is 84.6 Å². The first-order valence-corrected chi connectivity index (χ1v) is 11.8. The predicted molar refractivity (Wildman–Crippen MR) is 125 cm³/mol. The number of piperazine rings is 1. The summed E-state index contributed by atoms with van der Waals surface area (Å²) in [5.74, 6) is 0. The first kappa shape index (κ1) is 22.1. The third-order valence-electron chi connectivity index (χ3n) is 5.74. The molecule has 2 fully saturated rings. The molecule has 0 N–H and O–H groups in total. The molecule has 6 nitrogen and oxygen atoms in total. The van der Waals surface area contributed by atoms with Crippen molar-refractivity contribution < 1.29 is 9.53 Å². The number of urea groups is 1. The van der Waals surface area contributed by atoms with Gasteiger partial charge in [0, 0.05) is 57.3 Å². The van der Waals surface area contributed by atoms with Crippen molar-refractivity contribution in [2.45, 2.75) is 18.0 Å². The fourth-order valence-corrected chi connectivity index (χ4v) is 4.98. The zero-order valence-electron chi connectivity index (χ0n) is 18.3. The number of nitrogens with zero attached hydrogens (tertiary/aromatic N) is 4. The number of amides is 2. The molecule has 2 aliphatic rings. The second-order valence-electron chi connectivity index (χ2n) is 8.16. The Kier molecular flexibility index (Phi) is 7.86. The van der Waals surface area contributed by atoms with Crippen LogP contribution in [0.2, 0.25) is 0 Å². The first-order valence-electron chi connectivity index (χ1n) is 11.0. The Morgan fingerprint density at radius 1 is 0.903 bits per heavy atom. The Bertz CT molecular complexity index is 836. The van der Waals surface area contributed by atoms with E-state index in [1.54, 1.807) is 11.9 Å². The Balaban J connectivity index is 1.25. The summed E-state index contributed by atoms with van der Waals surface area (Å²) in [4.78, 5) is 20.3. The summed E-state index contributed by atoms with van der Waals surface area (Å²) in [6, 6.07) is 19.5. The van der Waals surface area contributed by atoms with Crippen LogP contribution < -0.4 is 0 Å². The zero-order chi connectivity index (χ0) is 21.5. The van der Waals surface area contributed by atoms with Gasteiger partial charge in [-0.05, 0) is 42.3 Å². The summed E-state index contributed by atoms with van der Waals surface area (Å²) in [7, 11) is 2.13. The molecular formula is C24H32N4O2S. The summed E-state index contributed by atoms with van der Waals surface area (Å²) in [6.45, 7) is 7.99. The van der Waals surface area contributed by atoms with Crippen molar-refractivity contribution in [3.8, 4) is 0 Å². The highest BCUT2D eigenvalue weighted by Gasteiger charge is 2.26. The number of ether oxygens (including phenoxy) is 1. The van der Waals surface area contributed by atoms with Gasteiger partial charge >= 0.3 is 6.03 Å². The molecule has 0 aliphatic carbocycles. The molecule has 7 heteroatoms. The van der Waals surface area contributed by atoms with E-state index >= 15 is 0 Å². The summed E-state index contributed by atoms with van der Waals surface area (Å²) in [5.41, 5.74) is 2.64. The Labute approximate surface area is 189 Å². The molecule has 2 saturated heterocycles. The molecule has 0 radical (unpaired) electrons. The summed E-state index contributed by atoms with van der Waals surface area (Å²) < 4.78 is 7.63. The second-order valence-corrected chi connectivity index (χ2v) is 9.43. The molecule has 166 valence electrons. The number of rotatable bonds is 6. The smallest absolute Gasteiger partial charge is 0.320 e. The van der Waals surface area contributed by atoms with Gasteiger partial charge in [0.2, 0.25) is 0 Å². The molecule has 0 aromatic heterocycles. The third-order valence-corrected chi connectivity index (χ3v) is 6.64. The molecule has 0 saturated carbocycles. The highest BCUT2D eigenvalue weighted by atomic mass is 32.2. The fourth-order valence-electron chi connectivity index (χ4n) is 4.06. The molecule has 2 aromatic rings. The third kappa shape index (κ3) is 6.46. The van der Waals surface area contributed by atoms with Crippen molar-refractivity contribution in [1.82, 2.24) is 19.0 Å². The molecule has 0 unspecified atom stereocenters. The molecule has 2 aromatic carbocycles.